The molecule has 0 aliphatic heterocycles. The predicted molar refractivity (Wildman–Crippen MR) is 79.7 cm³/mol. The van der Waals surface area contributed by atoms with Crippen molar-refractivity contribution in [2.24, 2.45) is 0 Å². The van der Waals surface area contributed by atoms with Crippen molar-refractivity contribution in [3.63, 3.8) is 0 Å². The molecule has 0 N–H and O–H groups in total. The van der Waals surface area contributed by atoms with E-state index in [1.165, 1.54) is 11.3 Å². The van der Waals surface area contributed by atoms with Crippen molar-refractivity contribution in [1.29, 1.82) is 0 Å². The molecule has 1 aromatic carbocycles. The number of hydrogen-bond acceptors (Lipinski definition) is 4. The molecule has 2 heterocycles. The van der Waals surface area contributed by atoms with Crippen LogP contribution in [-0.2, 0) is 6.42 Å². The largest absolute Gasteiger partial charge is 0.291 e. The van der Waals surface area contributed by atoms with Crippen LogP contribution in [0.1, 0.15) is 14.7 Å². The van der Waals surface area contributed by atoms with Crippen molar-refractivity contribution >= 4 is 54.6 Å². The summed E-state index contributed by atoms with van der Waals surface area (Å²) in [5.74, 6) is 0.0885. The number of thiazole rings is 1. The maximum Gasteiger partial charge on any atom is 0.196 e. The van der Waals surface area contributed by atoms with Gasteiger partial charge in [0.2, 0.25) is 0 Å². The normalized spacial score (nSPS) is 10.9. The van der Waals surface area contributed by atoms with Gasteiger partial charge in [0.15, 0.2) is 10.8 Å². The van der Waals surface area contributed by atoms with Crippen LogP contribution in [0.15, 0.2) is 40.2 Å². The van der Waals surface area contributed by atoms with E-state index in [1.807, 2.05) is 36.4 Å². The molecule has 3 aromatic rings. The second-order valence-corrected chi connectivity index (χ2v) is 7.37. The van der Waals surface area contributed by atoms with Gasteiger partial charge in [0.05, 0.1) is 14.0 Å². The van der Waals surface area contributed by atoms with Crippen molar-refractivity contribution in [1.82, 2.24) is 4.98 Å². The van der Waals surface area contributed by atoms with E-state index in [1.54, 1.807) is 11.3 Å². The van der Waals surface area contributed by atoms with E-state index >= 15 is 0 Å². The predicted octanol–water partition coefficient (Wildman–Crippen LogP) is 4.55. The molecule has 90 valence electrons. The highest BCUT2D eigenvalue weighted by Crippen LogP contribution is 2.26. The number of carbonyl (C=O) groups is 1. The Bertz CT molecular complexity index is 683. The fourth-order valence-electron chi connectivity index (χ4n) is 1.67. The first-order valence-corrected chi connectivity index (χ1v) is 7.78. The number of para-hydroxylation sites is 1. The van der Waals surface area contributed by atoms with Crippen molar-refractivity contribution in [2.75, 3.05) is 0 Å². The second-order valence-electron chi connectivity index (χ2n) is 3.79. The monoisotopic (exact) mass is 337 g/mol. The standard InChI is InChI=1S/C13H8BrNOS2/c14-12-6-5-8(17-12)7-10(16)13-15-9-3-1-2-4-11(9)18-13/h1-6H,7H2. The topological polar surface area (TPSA) is 30.0 Å². The lowest BCUT2D eigenvalue weighted by atomic mass is 10.2. The van der Waals surface area contributed by atoms with Crippen LogP contribution in [0, 0.1) is 0 Å². The molecule has 0 fully saturated rings. The molecule has 18 heavy (non-hydrogen) atoms. The zero-order chi connectivity index (χ0) is 12.5. The van der Waals surface area contributed by atoms with Gasteiger partial charge in [-0.15, -0.1) is 22.7 Å². The number of rotatable bonds is 3. The average molecular weight is 338 g/mol. The Hall–Kier alpha value is -1.04. The molecule has 0 atom stereocenters. The molecule has 0 radical (unpaired) electrons. The summed E-state index contributed by atoms with van der Waals surface area (Å²) in [5, 5.41) is 0.598. The molecule has 0 unspecified atom stereocenters. The summed E-state index contributed by atoms with van der Waals surface area (Å²) in [4.78, 5) is 17.6. The first-order valence-electron chi connectivity index (χ1n) is 5.35. The third kappa shape index (κ3) is 2.39. The Kier molecular flexibility index (Phi) is 3.28. The number of benzene rings is 1. The first kappa shape index (κ1) is 12.0. The highest BCUT2D eigenvalue weighted by Gasteiger charge is 2.13. The molecule has 0 amide bonds. The molecule has 0 saturated carbocycles. The number of Topliss-reactive ketones (excluding diaryl/α,β-unsaturated/α-hetero) is 1. The molecule has 2 aromatic heterocycles. The number of halogens is 1. The smallest absolute Gasteiger partial charge is 0.196 e. The number of thiophene rings is 1. The molecule has 0 spiro atoms. The van der Waals surface area contributed by atoms with E-state index in [4.69, 9.17) is 0 Å². The van der Waals surface area contributed by atoms with Gasteiger partial charge in [0.1, 0.15) is 0 Å². The molecule has 0 aliphatic carbocycles. The maximum absolute atomic E-state index is 12.1. The van der Waals surface area contributed by atoms with Gasteiger partial charge in [0.25, 0.3) is 0 Å². The number of hydrogen-bond donors (Lipinski definition) is 0. The third-order valence-electron chi connectivity index (χ3n) is 2.50. The summed E-state index contributed by atoms with van der Waals surface area (Å²) in [7, 11) is 0. The van der Waals surface area contributed by atoms with Crippen LogP contribution >= 0.6 is 38.6 Å². The van der Waals surface area contributed by atoms with Gasteiger partial charge in [-0.05, 0) is 40.2 Å². The van der Waals surface area contributed by atoms with Crippen LogP contribution in [0.2, 0.25) is 0 Å². The molecule has 3 rings (SSSR count). The summed E-state index contributed by atoms with van der Waals surface area (Å²) in [5.41, 5.74) is 0.901. The number of aromatic nitrogens is 1. The molecule has 0 saturated heterocycles. The van der Waals surface area contributed by atoms with E-state index in [0.29, 0.717) is 11.4 Å². The van der Waals surface area contributed by atoms with Crippen molar-refractivity contribution in [3.8, 4) is 0 Å². The van der Waals surface area contributed by atoms with Crippen molar-refractivity contribution in [3.05, 3.63) is 50.1 Å². The summed E-state index contributed by atoms with van der Waals surface area (Å²) >= 11 is 6.45. The Morgan fingerprint density at radius 3 is 2.72 bits per heavy atom. The van der Waals surface area contributed by atoms with Gasteiger partial charge < -0.3 is 0 Å². The van der Waals surface area contributed by atoms with Crippen LogP contribution < -0.4 is 0 Å². The molecule has 0 bridgehead atoms. The van der Waals surface area contributed by atoms with Gasteiger partial charge in [-0.25, -0.2) is 4.98 Å². The van der Waals surface area contributed by atoms with E-state index < -0.39 is 0 Å². The SMILES string of the molecule is O=C(Cc1ccc(Br)s1)c1nc2ccccc2s1. The van der Waals surface area contributed by atoms with Gasteiger partial charge in [-0.2, -0.15) is 0 Å². The highest BCUT2D eigenvalue weighted by molar-refractivity contribution is 9.11. The lowest BCUT2D eigenvalue weighted by Crippen LogP contribution is -2.00. The minimum atomic E-state index is 0.0885. The second kappa shape index (κ2) is 4.91. The zero-order valence-corrected chi connectivity index (χ0v) is 12.4. The molecule has 2 nitrogen and oxygen atoms in total. The third-order valence-corrected chi connectivity index (χ3v) is 5.20. The molecule has 0 aliphatic rings. The lowest BCUT2D eigenvalue weighted by Gasteiger charge is -1.92. The summed E-state index contributed by atoms with van der Waals surface area (Å²) in [6.07, 6.45) is 0.427. The molecular formula is C13H8BrNOS2. The minimum Gasteiger partial charge on any atom is -0.291 e. The van der Waals surface area contributed by atoms with Gasteiger partial charge in [-0.1, -0.05) is 12.1 Å². The summed E-state index contributed by atoms with van der Waals surface area (Å²) in [6.45, 7) is 0. The molecular weight excluding hydrogens is 330 g/mol. The van der Waals surface area contributed by atoms with Gasteiger partial charge in [0, 0.05) is 11.3 Å². The number of nitrogens with zero attached hydrogens (tertiary/aromatic N) is 1. The van der Waals surface area contributed by atoms with E-state index in [9.17, 15) is 4.79 Å². The van der Waals surface area contributed by atoms with Crippen LogP contribution in [0.25, 0.3) is 10.2 Å². The Balaban J connectivity index is 1.87. The molecule has 5 heteroatoms. The number of ketones is 1. The summed E-state index contributed by atoms with van der Waals surface area (Å²) < 4.78 is 2.11. The van der Waals surface area contributed by atoms with E-state index in [2.05, 4.69) is 20.9 Å². The van der Waals surface area contributed by atoms with Crippen LogP contribution in [0.4, 0.5) is 0 Å². The quantitative estimate of drug-likeness (QED) is 0.656. The van der Waals surface area contributed by atoms with Crippen LogP contribution in [0.3, 0.4) is 0 Å². The Labute approximate surface area is 120 Å². The fraction of sp³-hybridized carbons (Fsp3) is 0.0769. The lowest BCUT2D eigenvalue weighted by molar-refractivity contribution is 0.0993. The van der Waals surface area contributed by atoms with Crippen LogP contribution in [-0.4, -0.2) is 10.8 Å². The number of fused-ring (bicyclic) bond motifs is 1. The highest BCUT2D eigenvalue weighted by atomic mass is 79.9. The Morgan fingerprint density at radius 2 is 2.00 bits per heavy atom. The van der Waals surface area contributed by atoms with Crippen molar-refractivity contribution < 1.29 is 4.79 Å². The van der Waals surface area contributed by atoms with Gasteiger partial charge in [-0.3, -0.25) is 4.79 Å². The Morgan fingerprint density at radius 1 is 1.17 bits per heavy atom. The van der Waals surface area contributed by atoms with Crippen LogP contribution in [0.5, 0.6) is 0 Å². The van der Waals surface area contributed by atoms with E-state index in [-0.39, 0.29) is 5.78 Å². The van der Waals surface area contributed by atoms with Gasteiger partial charge >= 0.3 is 0 Å². The maximum atomic E-state index is 12.1. The average Bonchev–Trinajstić information content (AvgIpc) is 2.95. The fourth-order valence-corrected chi connectivity index (χ4v) is 4.06. The minimum absolute atomic E-state index is 0.0885. The summed E-state index contributed by atoms with van der Waals surface area (Å²) in [6, 6.07) is 11.8. The van der Waals surface area contributed by atoms with E-state index in [0.717, 1.165) is 18.9 Å². The number of carbonyl (C=O) groups excluding carboxylic acids is 1. The van der Waals surface area contributed by atoms with Crippen molar-refractivity contribution in [2.45, 2.75) is 6.42 Å². The zero-order valence-electron chi connectivity index (χ0n) is 9.22. The first-order chi connectivity index (χ1) is 8.72.